The topological polar surface area (TPSA) is 98.6 Å². The van der Waals surface area contributed by atoms with Gasteiger partial charge in [-0.25, -0.2) is 9.18 Å². The normalized spacial score (nSPS) is 21.3. The summed E-state index contributed by atoms with van der Waals surface area (Å²) in [6, 6.07) is 7.84. The first-order valence-corrected chi connectivity index (χ1v) is 11.4. The Labute approximate surface area is 202 Å². The van der Waals surface area contributed by atoms with Gasteiger partial charge in [0.1, 0.15) is 35.1 Å². The number of halogens is 1. The molecule has 1 spiro atoms. The van der Waals surface area contributed by atoms with E-state index in [0.29, 0.717) is 42.1 Å². The molecule has 0 fully saturated rings. The second kappa shape index (κ2) is 8.66. The van der Waals surface area contributed by atoms with Gasteiger partial charge >= 0.3 is 6.09 Å². The number of phenols is 1. The maximum Gasteiger partial charge on any atom is 0.413 e. The lowest BCUT2D eigenvalue weighted by molar-refractivity contribution is 0.0545. The Morgan fingerprint density at radius 2 is 2.03 bits per heavy atom. The van der Waals surface area contributed by atoms with Crippen molar-refractivity contribution in [2.45, 2.75) is 38.3 Å². The van der Waals surface area contributed by atoms with Crippen molar-refractivity contribution in [1.29, 1.82) is 0 Å². The molecule has 1 amide bonds. The number of ether oxygens (including phenoxy) is 4. The highest BCUT2D eigenvalue weighted by Crippen LogP contribution is 2.52. The molecule has 2 aromatic carbocycles. The van der Waals surface area contributed by atoms with Crippen LogP contribution in [0.15, 0.2) is 41.4 Å². The third-order valence-electron chi connectivity index (χ3n) is 5.96. The molecule has 0 bridgehead atoms. The molecule has 1 atom stereocenters. The molecule has 3 heterocycles. The number of nitrogens with zero attached hydrogens (tertiary/aromatic N) is 1. The van der Waals surface area contributed by atoms with Gasteiger partial charge in [-0.05, 0) is 68.7 Å². The number of nitrogens with one attached hydrogen (secondary N) is 1. The van der Waals surface area contributed by atoms with Crippen molar-refractivity contribution >= 4 is 17.5 Å². The van der Waals surface area contributed by atoms with Gasteiger partial charge in [-0.15, -0.1) is 0 Å². The predicted molar refractivity (Wildman–Crippen MR) is 126 cm³/mol. The molecular formula is C26H27FN2O6. The molecule has 0 saturated carbocycles. The number of alkyl carbamates (subject to hydrolysis) is 1. The Morgan fingerprint density at radius 3 is 2.77 bits per heavy atom. The number of amides is 1. The SMILES string of the molecule is CC(C)(C)OC(=O)NC1=N[C@@]2(COC1)c1cc(O)ccc1Oc1c(F)cc(C3=CCOCC3)cc12. The molecule has 3 aliphatic heterocycles. The summed E-state index contributed by atoms with van der Waals surface area (Å²) in [5.74, 6) is 0.0686. The fourth-order valence-corrected chi connectivity index (χ4v) is 4.52. The van der Waals surface area contributed by atoms with Crippen LogP contribution in [0.2, 0.25) is 0 Å². The summed E-state index contributed by atoms with van der Waals surface area (Å²) in [6.45, 7) is 6.38. The first-order chi connectivity index (χ1) is 16.6. The average Bonchev–Trinajstić information content (AvgIpc) is 2.80. The van der Waals surface area contributed by atoms with Crippen molar-refractivity contribution in [3.63, 3.8) is 0 Å². The van der Waals surface area contributed by atoms with Crippen molar-refractivity contribution in [3.05, 3.63) is 58.9 Å². The summed E-state index contributed by atoms with van der Waals surface area (Å²) in [6.07, 6.45) is 1.90. The summed E-state index contributed by atoms with van der Waals surface area (Å²) in [5.41, 5.74) is 0.650. The second-order valence-electron chi connectivity index (χ2n) is 9.71. The van der Waals surface area contributed by atoms with Gasteiger partial charge in [0, 0.05) is 11.1 Å². The number of rotatable bonds is 1. The van der Waals surface area contributed by atoms with Crippen LogP contribution in [0, 0.1) is 5.82 Å². The minimum Gasteiger partial charge on any atom is -0.508 e. The zero-order chi connectivity index (χ0) is 24.8. The minimum atomic E-state index is -1.26. The molecule has 0 saturated heterocycles. The van der Waals surface area contributed by atoms with E-state index in [9.17, 15) is 9.90 Å². The van der Waals surface area contributed by atoms with Gasteiger partial charge in [-0.2, -0.15) is 0 Å². The van der Waals surface area contributed by atoms with Gasteiger partial charge in [0.05, 0.1) is 19.8 Å². The van der Waals surface area contributed by atoms with Gasteiger partial charge in [0.25, 0.3) is 0 Å². The average molecular weight is 483 g/mol. The van der Waals surface area contributed by atoms with Gasteiger partial charge in [-0.3, -0.25) is 10.3 Å². The molecule has 35 heavy (non-hydrogen) atoms. The largest absolute Gasteiger partial charge is 0.508 e. The Bertz CT molecular complexity index is 1250. The van der Waals surface area contributed by atoms with E-state index < -0.39 is 23.1 Å². The van der Waals surface area contributed by atoms with Crippen LogP contribution in [0.1, 0.15) is 43.9 Å². The third kappa shape index (κ3) is 4.49. The monoisotopic (exact) mass is 482 g/mol. The number of amidine groups is 1. The zero-order valence-electron chi connectivity index (χ0n) is 19.8. The fraction of sp³-hybridized carbons (Fsp3) is 0.385. The summed E-state index contributed by atoms with van der Waals surface area (Å²) in [5, 5.41) is 12.9. The number of aromatic hydroxyl groups is 1. The molecule has 5 rings (SSSR count). The predicted octanol–water partition coefficient (Wildman–Crippen LogP) is 4.64. The quantitative estimate of drug-likeness (QED) is 0.615. The molecule has 9 heteroatoms. The van der Waals surface area contributed by atoms with E-state index in [1.54, 1.807) is 26.8 Å². The Hall–Kier alpha value is -3.43. The number of phenolic OH excluding ortho intramolecular Hbond substituents is 1. The number of hydrogen-bond acceptors (Lipinski definition) is 7. The summed E-state index contributed by atoms with van der Waals surface area (Å²) >= 11 is 0. The van der Waals surface area contributed by atoms with Crippen LogP contribution in [-0.2, 0) is 19.7 Å². The molecule has 0 radical (unpaired) electrons. The summed E-state index contributed by atoms with van der Waals surface area (Å²) in [4.78, 5) is 17.3. The molecule has 0 unspecified atom stereocenters. The summed E-state index contributed by atoms with van der Waals surface area (Å²) < 4.78 is 38.1. The highest BCUT2D eigenvalue weighted by Gasteiger charge is 2.46. The van der Waals surface area contributed by atoms with Crippen LogP contribution in [0.4, 0.5) is 9.18 Å². The van der Waals surface area contributed by atoms with E-state index in [0.717, 1.165) is 5.57 Å². The molecule has 0 aromatic heterocycles. The maximum atomic E-state index is 15.5. The molecule has 0 aliphatic carbocycles. The van der Waals surface area contributed by atoms with Gasteiger partial charge in [0.2, 0.25) is 0 Å². The lowest BCUT2D eigenvalue weighted by Crippen LogP contribution is -2.46. The van der Waals surface area contributed by atoms with E-state index in [1.807, 2.05) is 12.1 Å². The highest BCUT2D eigenvalue weighted by molar-refractivity contribution is 5.97. The number of hydrogen-bond donors (Lipinski definition) is 2. The van der Waals surface area contributed by atoms with Crippen molar-refractivity contribution in [2.75, 3.05) is 26.4 Å². The lowest BCUT2D eigenvalue weighted by atomic mass is 9.79. The van der Waals surface area contributed by atoms with E-state index >= 15 is 4.39 Å². The van der Waals surface area contributed by atoms with Crippen LogP contribution in [0.5, 0.6) is 17.2 Å². The minimum absolute atomic E-state index is 0.00126. The number of fused-ring (bicyclic) bond motifs is 4. The van der Waals surface area contributed by atoms with E-state index in [2.05, 4.69) is 5.32 Å². The molecule has 2 aromatic rings. The van der Waals surface area contributed by atoms with Crippen molar-refractivity contribution in [1.82, 2.24) is 5.32 Å². The Balaban J connectivity index is 1.66. The Morgan fingerprint density at radius 1 is 1.20 bits per heavy atom. The van der Waals surface area contributed by atoms with Gasteiger partial charge in [-0.1, -0.05) is 6.08 Å². The molecular weight excluding hydrogens is 455 g/mol. The van der Waals surface area contributed by atoms with E-state index in [-0.39, 0.29) is 30.5 Å². The van der Waals surface area contributed by atoms with Crippen molar-refractivity contribution in [3.8, 4) is 17.2 Å². The molecule has 8 nitrogen and oxygen atoms in total. The number of carbonyl (C=O) groups is 1. The van der Waals surface area contributed by atoms with Crippen molar-refractivity contribution < 1.29 is 33.2 Å². The Kier molecular flexibility index (Phi) is 5.77. The molecule has 3 aliphatic rings. The third-order valence-corrected chi connectivity index (χ3v) is 5.96. The van der Waals surface area contributed by atoms with Crippen LogP contribution >= 0.6 is 0 Å². The second-order valence-corrected chi connectivity index (χ2v) is 9.71. The highest BCUT2D eigenvalue weighted by atomic mass is 19.1. The first-order valence-electron chi connectivity index (χ1n) is 11.4. The zero-order valence-corrected chi connectivity index (χ0v) is 19.8. The van der Waals surface area contributed by atoms with Crippen LogP contribution < -0.4 is 10.1 Å². The fourth-order valence-electron chi connectivity index (χ4n) is 4.52. The van der Waals surface area contributed by atoms with Crippen LogP contribution in [0.25, 0.3) is 5.57 Å². The van der Waals surface area contributed by atoms with Gasteiger partial charge in [0.15, 0.2) is 11.6 Å². The first kappa shape index (κ1) is 23.3. The summed E-state index contributed by atoms with van der Waals surface area (Å²) in [7, 11) is 0. The number of aliphatic imine (C=N–C) groups is 1. The number of carbonyl (C=O) groups excluding carboxylic acids is 1. The van der Waals surface area contributed by atoms with Crippen molar-refractivity contribution in [2.24, 2.45) is 4.99 Å². The van der Waals surface area contributed by atoms with Crippen LogP contribution in [-0.4, -0.2) is 49.1 Å². The lowest BCUT2D eigenvalue weighted by Gasteiger charge is -2.40. The smallest absolute Gasteiger partial charge is 0.413 e. The van der Waals surface area contributed by atoms with E-state index in [4.69, 9.17) is 23.9 Å². The molecule has 2 N–H and O–H groups in total. The van der Waals surface area contributed by atoms with E-state index in [1.165, 1.54) is 18.2 Å². The standard InChI is InChI=1S/C26H27FN2O6/c1-25(2,3)35-24(31)28-22-13-33-14-26(29-22)18-12-17(30)4-5-21(18)34-23-19(26)10-16(11-20(23)27)15-6-8-32-9-7-15/h4-6,10-12,30H,7-9,13-14H2,1-3H3,(H,28,29,31)/t26-/m0/s1. The number of benzene rings is 2. The van der Waals surface area contributed by atoms with Crippen LogP contribution in [0.3, 0.4) is 0 Å². The molecule has 184 valence electrons. The van der Waals surface area contributed by atoms with Gasteiger partial charge < -0.3 is 24.1 Å². The maximum absolute atomic E-state index is 15.5.